The average molecular weight is 264 g/mol. The summed E-state index contributed by atoms with van der Waals surface area (Å²) < 4.78 is 34.1. The van der Waals surface area contributed by atoms with Gasteiger partial charge in [-0.3, -0.25) is 0 Å². The third-order valence-corrected chi connectivity index (χ3v) is 5.26. The van der Waals surface area contributed by atoms with E-state index >= 15 is 0 Å². The van der Waals surface area contributed by atoms with Crippen LogP contribution in [0.15, 0.2) is 0 Å². The van der Waals surface area contributed by atoms with Crippen LogP contribution < -0.4 is 0 Å². The van der Waals surface area contributed by atoms with E-state index in [1.54, 1.807) is 0 Å². The number of ether oxygens (including phenoxy) is 2. The van der Waals surface area contributed by atoms with Crippen LogP contribution >= 0.6 is 0 Å². The van der Waals surface area contributed by atoms with E-state index in [2.05, 4.69) is 0 Å². The summed E-state index contributed by atoms with van der Waals surface area (Å²) in [6.07, 6.45) is 1.82. The minimum Gasteiger partial charge on any atom is -0.396 e. The van der Waals surface area contributed by atoms with Crippen molar-refractivity contribution in [3.05, 3.63) is 0 Å². The molecule has 5 nitrogen and oxygen atoms in total. The Morgan fingerprint density at radius 3 is 2.82 bits per heavy atom. The summed E-state index contributed by atoms with van der Waals surface area (Å²) in [7, 11) is -2.84. The van der Waals surface area contributed by atoms with Gasteiger partial charge in [0.2, 0.25) is 0 Å². The summed E-state index contributed by atoms with van der Waals surface area (Å²) in [5.74, 6) is -0.00380. The lowest BCUT2D eigenvalue weighted by molar-refractivity contribution is -0.165. The van der Waals surface area contributed by atoms with Crippen molar-refractivity contribution in [3.8, 4) is 0 Å². The largest absolute Gasteiger partial charge is 0.396 e. The molecule has 2 saturated heterocycles. The first-order valence-electron chi connectivity index (χ1n) is 6.05. The van der Waals surface area contributed by atoms with Crippen molar-refractivity contribution >= 4 is 9.84 Å². The predicted molar refractivity (Wildman–Crippen MR) is 62.3 cm³/mol. The SMILES string of the molecule is CC1(CC2CCS(=O)(=O)C2)OCC(CCO)O1. The smallest absolute Gasteiger partial charge is 0.166 e. The molecule has 100 valence electrons. The summed E-state index contributed by atoms with van der Waals surface area (Å²) in [6.45, 7) is 2.42. The standard InChI is InChI=1S/C11H20O5S/c1-11(15-7-10(16-11)2-4-12)6-9-3-5-17(13,14)8-9/h9-10,12H,2-8H2,1H3. The normalized spacial score (nSPS) is 40.8. The Balaban J connectivity index is 1.87. The van der Waals surface area contributed by atoms with Crippen LogP contribution in [0.2, 0.25) is 0 Å². The quantitative estimate of drug-likeness (QED) is 0.792. The fourth-order valence-corrected chi connectivity index (χ4v) is 4.50. The van der Waals surface area contributed by atoms with Gasteiger partial charge in [-0.2, -0.15) is 0 Å². The third-order valence-electron chi connectivity index (χ3n) is 3.43. The van der Waals surface area contributed by atoms with Crippen molar-refractivity contribution in [2.24, 2.45) is 5.92 Å². The van der Waals surface area contributed by atoms with E-state index < -0.39 is 15.6 Å². The summed E-state index contributed by atoms with van der Waals surface area (Å²) >= 11 is 0. The molecular weight excluding hydrogens is 244 g/mol. The van der Waals surface area contributed by atoms with Crippen molar-refractivity contribution in [2.45, 2.75) is 38.1 Å². The number of rotatable bonds is 4. The molecule has 0 amide bonds. The molecule has 2 rings (SSSR count). The molecule has 0 aliphatic carbocycles. The van der Waals surface area contributed by atoms with E-state index in [1.165, 1.54) is 0 Å². The second-order valence-corrected chi connectivity index (χ2v) is 7.40. The van der Waals surface area contributed by atoms with E-state index in [0.717, 1.165) is 0 Å². The van der Waals surface area contributed by atoms with Crippen LogP contribution in [0, 0.1) is 5.92 Å². The predicted octanol–water partition coefficient (Wildman–Crippen LogP) is 0.325. The molecule has 0 aromatic carbocycles. The zero-order valence-electron chi connectivity index (χ0n) is 10.1. The van der Waals surface area contributed by atoms with Gasteiger partial charge in [-0.1, -0.05) is 0 Å². The van der Waals surface area contributed by atoms with Crippen LogP contribution in [-0.2, 0) is 19.3 Å². The van der Waals surface area contributed by atoms with Crippen LogP contribution in [0.5, 0.6) is 0 Å². The summed E-state index contributed by atoms with van der Waals surface area (Å²) in [5, 5.41) is 8.83. The van der Waals surface area contributed by atoms with Crippen LogP contribution in [0.1, 0.15) is 26.2 Å². The first-order chi connectivity index (χ1) is 7.92. The van der Waals surface area contributed by atoms with Crippen molar-refractivity contribution in [1.29, 1.82) is 0 Å². The van der Waals surface area contributed by atoms with E-state index in [-0.39, 0.29) is 30.1 Å². The maximum absolute atomic E-state index is 11.4. The van der Waals surface area contributed by atoms with Crippen molar-refractivity contribution in [1.82, 2.24) is 0 Å². The average Bonchev–Trinajstić information content (AvgIpc) is 2.72. The van der Waals surface area contributed by atoms with Gasteiger partial charge in [0.05, 0.1) is 24.2 Å². The maximum Gasteiger partial charge on any atom is 0.166 e. The van der Waals surface area contributed by atoms with Gasteiger partial charge >= 0.3 is 0 Å². The third kappa shape index (κ3) is 3.40. The number of hydrogen-bond acceptors (Lipinski definition) is 5. The second-order valence-electron chi connectivity index (χ2n) is 5.17. The fraction of sp³-hybridized carbons (Fsp3) is 1.00. The van der Waals surface area contributed by atoms with Gasteiger partial charge in [0.15, 0.2) is 15.6 Å². The molecule has 0 aromatic rings. The lowest BCUT2D eigenvalue weighted by Crippen LogP contribution is -2.30. The van der Waals surface area contributed by atoms with E-state index in [0.29, 0.717) is 25.9 Å². The molecule has 3 unspecified atom stereocenters. The fourth-order valence-electron chi connectivity index (χ4n) is 2.64. The Kier molecular flexibility index (Phi) is 3.77. The molecule has 0 bridgehead atoms. The van der Waals surface area contributed by atoms with Crippen LogP contribution in [0.3, 0.4) is 0 Å². The monoisotopic (exact) mass is 264 g/mol. The number of sulfone groups is 1. The Labute approximate surface area is 102 Å². The molecule has 0 radical (unpaired) electrons. The van der Waals surface area contributed by atoms with Crippen LogP contribution in [0.25, 0.3) is 0 Å². The zero-order chi connectivity index (χ0) is 12.5. The highest BCUT2D eigenvalue weighted by Crippen LogP contribution is 2.34. The number of aliphatic hydroxyl groups is 1. The summed E-state index contributed by atoms with van der Waals surface area (Å²) in [6, 6.07) is 0. The zero-order valence-corrected chi connectivity index (χ0v) is 10.9. The van der Waals surface area contributed by atoms with Gasteiger partial charge in [-0.25, -0.2) is 8.42 Å². The second kappa shape index (κ2) is 4.84. The van der Waals surface area contributed by atoms with Crippen LogP contribution in [0.4, 0.5) is 0 Å². The molecule has 0 aromatic heterocycles. The molecule has 0 spiro atoms. The Morgan fingerprint density at radius 1 is 1.47 bits per heavy atom. The van der Waals surface area contributed by atoms with Gasteiger partial charge in [-0.05, 0) is 25.7 Å². The molecule has 3 atom stereocenters. The highest BCUT2D eigenvalue weighted by atomic mass is 32.2. The van der Waals surface area contributed by atoms with Gasteiger partial charge < -0.3 is 14.6 Å². The van der Waals surface area contributed by atoms with Gasteiger partial charge in [0, 0.05) is 13.0 Å². The molecular formula is C11H20O5S. The maximum atomic E-state index is 11.4. The Hall–Kier alpha value is -0.170. The van der Waals surface area contributed by atoms with Crippen molar-refractivity contribution in [3.63, 3.8) is 0 Å². The van der Waals surface area contributed by atoms with Crippen molar-refractivity contribution in [2.75, 3.05) is 24.7 Å². The van der Waals surface area contributed by atoms with Gasteiger partial charge in [0.25, 0.3) is 0 Å². The highest BCUT2D eigenvalue weighted by Gasteiger charge is 2.41. The van der Waals surface area contributed by atoms with Crippen LogP contribution in [-0.4, -0.2) is 50.1 Å². The summed E-state index contributed by atoms with van der Waals surface area (Å²) in [4.78, 5) is 0. The number of hydrogen-bond donors (Lipinski definition) is 1. The molecule has 2 fully saturated rings. The molecule has 2 aliphatic heterocycles. The molecule has 17 heavy (non-hydrogen) atoms. The minimum absolute atomic E-state index is 0.0667. The van der Waals surface area contributed by atoms with E-state index in [1.807, 2.05) is 6.92 Å². The van der Waals surface area contributed by atoms with Gasteiger partial charge in [0.1, 0.15) is 0 Å². The molecule has 6 heteroatoms. The first kappa shape index (κ1) is 13.3. The van der Waals surface area contributed by atoms with Crippen molar-refractivity contribution < 1.29 is 23.0 Å². The van der Waals surface area contributed by atoms with E-state index in [4.69, 9.17) is 14.6 Å². The van der Waals surface area contributed by atoms with Gasteiger partial charge in [-0.15, -0.1) is 0 Å². The Morgan fingerprint density at radius 2 is 2.24 bits per heavy atom. The highest BCUT2D eigenvalue weighted by molar-refractivity contribution is 7.91. The molecule has 1 N–H and O–H groups in total. The lowest BCUT2D eigenvalue weighted by atomic mass is 9.99. The van der Waals surface area contributed by atoms with E-state index in [9.17, 15) is 8.42 Å². The summed E-state index contributed by atoms with van der Waals surface area (Å²) in [5.41, 5.74) is 0. The number of aliphatic hydroxyl groups excluding tert-OH is 1. The minimum atomic E-state index is -2.84. The Bertz CT molecular complexity index is 366. The molecule has 2 aliphatic rings. The lowest BCUT2D eigenvalue weighted by Gasteiger charge is -2.26. The topological polar surface area (TPSA) is 72.8 Å². The molecule has 0 saturated carbocycles. The first-order valence-corrected chi connectivity index (χ1v) is 7.88. The molecule has 2 heterocycles.